The molecule has 2 fully saturated rings. The van der Waals surface area contributed by atoms with Crippen LogP contribution in [0.25, 0.3) is 28.2 Å². The minimum atomic E-state index is -0.0941. The van der Waals surface area contributed by atoms with Crippen molar-refractivity contribution in [2.75, 3.05) is 20.3 Å². The number of fused-ring (bicyclic) bond motifs is 1. The maximum absolute atomic E-state index is 13.5. The zero-order chi connectivity index (χ0) is 24.5. The lowest BCUT2D eigenvalue weighted by molar-refractivity contribution is 0.280. The van der Waals surface area contributed by atoms with E-state index in [1.54, 1.807) is 17.7 Å². The van der Waals surface area contributed by atoms with Crippen LogP contribution in [0, 0.1) is 11.8 Å². The molecule has 0 saturated heterocycles. The van der Waals surface area contributed by atoms with Gasteiger partial charge < -0.3 is 14.2 Å². The van der Waals surface area contributed by atoms with Crippen LogP contribution in [0.3, 0.4) is 0 Å². The summed E-state index contributed by atoms with van der Waals surface area (Å²) in [7, 11) is 1.65. The molecule has 0 N–H and O–H groups in total. The fourth-order valence-electron chi connectivity index (χ4n) is 4.14. The fourth-order valence-corrected chi connectivity index (χ4v) is 4.85. The number of rotatable bonds is 10. The molecule has 36 heavy (non-hydrogen) atoms. The van der Waals surface area contributed by atoms with E-state index in [1.807, 2.05) is 60.0 Å². The molecule has 2 heterocycles. The summed E-state index contributed by atoms with van der Waals surface area (Å²) in [4.78, 5) is 19.0. The van der Waals surface area contributed by atoms with E-state index < -0.39 is 0 Å². The third-order valence-electron chi connectivity index (χ3n) is 6.63. The molecule has 4 aromatic rings. The van der Waals surface area contributed by atoms with Crippen molar-refractivity contribution in [2.45, 2.75) is 25.7 Å². The normalized spacial score (nSPS) is 15.5. The first-order chi connectivity index (χ1) is 17.7. The Labute approximate surface area is 213 Å². The lowest BCUT2D eigenvalue weighted by Gasteiger charge is -2.13. The highest BCUT2D eigenvalue weighted by Gasteiger charge is 2.24. The molecular formula is C29H28N2O4S. The molecule has 0 aliphatic heterocycles. The summed E-state index contributed by atoms with van der Waals surface area (Å²) in [5.74, 6) is 3.54. The molecule has 6 rings (SSSR count). The molecule has 0 spiro atoms. The summed E-state index contributed by atoms with van der Waals surface area (Å²) in [6.07, 6.45) is 10.5. The summed E-state index contributed by atoms with van der Waals surface area (Å²) in [6, 6.07) is 13.6. The Kier molecular flexibility index (Phi) is 6.23. The second-order valence-electron chi connectivity index (χ2n) is 9.48. The van der Waals surface area contributed by atoms with E-state index in [2.05, 4.69) is 0 Å². The lowest BCUT2D eigenvalue weighted by Crippen LogP contribution is -2.17. The Morgan fingerprint density at radius 3 is 2.47 bits per heavy atom. The number of ether oxygens (including phenoxy) is 3. The van der Waals surface area contributed by atoms with Crippen LogP contribution in [0.15, 0.2) is 58.8 Å². The predicted molar refractivity (Wildman–Crippen MR) is 143 cm³/mol. The van der Waals surface area contributed by atoms with Crippen molar-refractivity contribution in [3.8, 4) is 28.4 Å². The third-order valence-corrected chi connectivity index (χ3v) is 7.39. The summed E-state index contributed by atoms with van der Waals surface area (Å²) < 4.78 is 19.2. The highest BCUT2D eigenvalue weighted by molar-refractivity contribution is 7.15. The minimum absolute atomic E-state index is 0.0941. The van der Waals surface area contributed by atoms with E-state index in [0.717, 1.165) is 29.2 Å². The van der Waals surface area contributed by atoms with Crippen LogP contribution in [0.5, 0.6) is 17.2 Å². The van der Waals surface area contributed by atoms with Gasteiger partial charge in [-0.2, -0.15) is 0 Å². The van der Waals surface area contributed by atoms with Crippen LogP contribution in [0.1, 0.15) is 36.9 Å². The number of hydrogen-bond donors (Lipinski definition) is 0. The first kappa shape index (κ1) is 22.9. The Balaban J connectivity index is 1.37. The quantitative estimate of drug-likeness (QED) is 0.260. The van der Waals surface area contributed by atoms with Crippen LogP contribution in [0.2, 0.25) is 0 Å². The Morgan fingerprint density at radius 2 is 1.75 bits per heavy atom. The van der Waals surface area contributed by atoms with Gasteiger partial charge in [0.25, 0.3) is 5.56 Å². The van der Waals surface area contributed by atoms with Crippen molar-refractivity contribution in [3.05, 3.63) is 75.7 Å². The third kappa shape index (κ3) is 4.88. The number of thiazole rings is 1. The molecule has 184 valence electrons. The zero-order valence-corrected chi connectivity index (χ0v) is 21.0. The maximum atomic E-state index is 13.5. The van der Waals surface area contributed by atoms with Crippen molar-refractivity contribution < 1.29 is 14.2 Å². The monoisotopic (exact) mass is 500 g/mol. The van der Waals surface area contributed by atoms with Gasteiger partial charge in [-0.05, 0) is 73.4 Å². The second kappa shape index (κ2) is 9.82. The minimum Gasteiger partial charge on any atom is -0.493 e. The zero-order valence-electron chi connectivity index (χ0n) is 20.2. The number of hydrogen-bond acceptors (Lipinski definition) is 6. The summed E-state index contributed by atoms with van der Waals surface area (Å²) in [5.41, 5.74) is 2.77. The van der Waals surface area contributed by atoms with E-state index in [1.165, 1.54) is 37.0 Å². The molecule has 0 atom stereocenters. The van der Waals surface area contributed by atoms with E-state index in [0.29, 0.717) is 40.4 Å². The van der Waals surface area contributed by atoms with Gasteiger partial charge in [0.1, 0.15) is 5.75 Å². The molecule has 6 nitrogen and oxygen atoms in total. The van der Waals surface area contributed by atoms with Gasteiger partial charge in [-0.1, -0.05) is 24.3 Å². The van der Waals surface area contributed by atoms with Crippen LogP contribution in [-0.2, 0) is 0 Å². The van der Waals surface area contributed by atoms with Gasteiger partial charge in [-0.3, -0.25) is 9.20 Å². The van der Waals surface area contributed by atoms with Crippen LogP contribution < -0.4 is 19.8 Å². The first-order valence-corrected chi connectivity index (χ1v) is 13.3. The highest BCUT2D eigenvalue weighted by atomic mass is 32.1. The van der Waals surface area contributed by atoms with Crippen LogP contribution >= 0.6 is 11.3 Å². The van der Waals surface area contributed by atoms with E-state index >= 15 is 0 Å². The number of nitrogens with zero attached hydrogens (tertiary/aromatic N) is 2. The van der Waals surface area contributed by atoms with Crippen molar-refractivity contribution >= 4 is 28.4 Å². The van der Waals surface area contributed by atoms with Gasteiger partial charge >= 0.3 is 0 Å². The van der Waals surface area contributed by atoms with Gasteiger partial charge in [0, 0.05) is 17.1 Å². The largest absolute Gasteiger partial charge is 0.493 e. The molecule has 0 radical (unpaired) electrons. The van der Waals surface area contributed by atoms with Crippen LogP contribution in [0.4, 0.5) is 0 Å². The topological polar surface area (TPSA) is 62.1 Å². The Morgan fingerprint density at radius 1 is 1.00 bits per heavy atom. The summed E-state index contributed by atoms with van der Waals surface area (Å²) >= 11 is 1.44. The molecule has 0 unspecified atom stereocenters. The second-order valence-corrected chi connectivity index (χ2v) is 10.4. The summed E-state index contributed by atoms with van der Waals surface area (Å²) in [6.45, 7) is 1.44. The molecule has 2 aromatic heterocycles. The van der Waals surface area contributed by atoms with Gasteiger partial charge in [-0.25, -0.2) is 4.98 Å². The van der Waals surface area contributed by atoms with Gasteiger partial charge in [0.2, 0.25) is 0 Å². The molecule has 2 aliphatic carbocycles. The number of benzene rings is 2. The Bertz CT molecular complexity index is 1460. The molecule has 2 aliphatic rings. The molecule has 0 amide bonds. The van der Waals surface area contributed by atoms with Crippen molar-refractivity contribution in [1.82, 2.24) is 9.38 Å². The van der Waals surface area contributed by atoms with Crippen molar-refractivity contribution in [1.29, 1.82) is 0 Å². The van der Waals surface area contributed by atoms with Gasteiger partial charge in [0.05, 0.1) is 31.6 Å². The maximum Gasteiger partial charge on any atom is 0.266 e. The number of methoxy groups -OCH3 is 1. The standard InChI is InChI=1S/C29H28N2O4S/c1-33-25-4-2-3-22(27(25)35-18-20-7-8-20)11-14-24-26(28(32)31-15-16-36-29(31)30-24)21-9-12-23(13-10-21)34-17-19-5-6-19/h2-4,9-16,19-20H,5-8,17-18H2,1H3/b14-11+. The van der Waals surface area contributed by atoms with Crippen LogP contribution in [-0.4, -0.2) is 29.7 Å². The number of aromatic nitrogens is 2. The van der Waals surface area contributed by atoms with Gasteiger partial charge in [0.15, 0.2) is 16.5 Å². The van der Waals surface area contributed by atoms with Gasteiger partial charge in [-0.15, -0.1) is 11.3 Å². The fraction of sp³-hybridized carbons (Fsp3) is 0.310. The Hall–Kier alpha value is -3.58. The average Bonchev–Trinajstić information content (AvgIpc) is 3.84. The SMILES string of the molecule is COc1cccc(/C=C/c2nc3sccn3c(=O)c2-c2ccc(OCC3CC3)cc2)c1OCC1CC1. The molecular weight excluding hydrogens is 472 g/mol. The van der Waals surface area contributed by atoms with E-state index in [9.17, 15) is 4.79 Å². The smallest absolute Gasteiger partial charge is 0.266 e. The molecule has 0 bridgehead atoms. The van der Waals surface area contributed by atoms with E-state index in [4.69, 9.17) is 19.2 Å². The first-order valence-electron chi connectivity index (χ1n) is 12.4. The average molecular weight is 501 g/mol. The predicted octanol–water partition coefficient (Wildman–Crippen LogP) is 6.18. The highest BCUT2D eigenvalue weighted by Crippen LogP contribution is 2.36. The molecule has 2 saturated carbocycles. The van der Waals surface area contributed by atoms with E-state index in [-0.39, 0.29) is 5.56 Å². The molecule has 2 aromatic carbocycles. The lowest BCUT2D eigenvalue weighted by atomic mass is 10.0. The van der Waals surface area contributed by atoms with Crippen molar-refractivity contribution in [3.63, 3.8) is 0 Å². The molecule has 7 heteroatoms. The van der Waals surface area contributed by atoms with Crippen molar-refractivity contribution in [2.24, 2.45) is 11.8 Å². The number of para-hydroxylation sites is 1. The summed E-state index contributed by atoms with van der Waals surface area (Å²) in [5, 5.41) is 1.88.